The quantitative estimate of drug-likeness (QED) is 0.459. The lowest BCUT2D eigenvalue weighted by molar-refractivity contribution is 0.0595. The van der Waals surface area contributed by atoms with Crippen LogP contribution in [0.1, 0.15) is 40.3 Å². The Morgan fingerprint density at radius 1 is 1.25 bits per heavy atom. The van der Waals surface area contributed by atoms with Crippen molar-refractivity contribution in [2.45, 2.75) is 38.0 Å². The summed E-state index contributed by atoms with van der Waals surface area (Å²) in [4.78, 5) is 29.2. The van der Waals surface area contributed by atoms with E-state index >= 15 is 0 Å². The number of fused-ring (bicyclic) bond motifs is 1. The molecule has 2 aromatic heterocycles. The van der Waals surface area contributed by atoms with Crippen LogP contribution in [0.15, 0.2) is 35.6 Å². The largest absolute Gasteiger partial charge is 0.323 e. The second-order valence-corrected chi connectivity index (χ2v) is 8.94. The average molecular weight is 415 g/mol. The lowest BCUT2D eigenvalue weighted by Gasteiger charge is -2.32. The maximum absolute atomic E-state index is 13.5. The van der Waals surface area contributed by atoms with Gasteiger partial charge in [0.1, 0.15) is 22.2 Å². The number of aromatic nitrogens is 3. The van der Waals surface area contributed by atoms with Crippen molar-refractivity contribution in [2.24, 2.45) is 0 Å². The van der Waals surface area contributed by atoms with Crippen molar-refractivity contribution in [3.05, 3.63) is 58.0 Å². The molecule has 1 amide bonds. The molecule has 3 heterocycles. The smallest absolute Gasteiger partial charge is 0.274 e. The summed E-state index contributed by atoms with van der Waals surface area (Å²) in [7, 11) is 0. The van der Waals surface area contributed by atoms with E-state index < -0.39 is 5.54 Å². The molecule has 0 N–H and O–H groups in total. The fraction of sp³-hybridized carbons (Fsp3) is 0.300. The fourth-order valence-electron chi connectivity index (χ4n) is 3.31. The maximum atomic E-state index is 13.5. The van der Waals surface area contributed by atoms with E-state index in [1.807, 2.05) is 33.1 Å². The molecule has 28 heavy (non-hydrogen) atoms. The van der Waals surface area contributed by atoms with Crippen LogP contribution in [0.2, 0.25) is 0 Å². The molecule has 1 aromatic carbocycles. The number of hydrogen-bond acceptors (Lipinski definition) is 6. The molecular weight excluding hydrogens is 395 g/mol. The van der Waals surface area contributed by atoms with Crippen LogP contribution in [0.25, 0.3) is 10.7 Å². The van der Waals surface area contributed by atoms with Crippen molar-refractivity contribution in [1.82, 2.24) is 19.9 Å². The molecule has 3 aromatic rings. The van der Waals surface area contributed by atoms with Crippen LogP contribution in [-0.2, 0) is 12.1 Å². The lowest BCUT2D eigenvalue weighted by atomic mass is 10.0. The molecule has 8 heteroatoms. The van der Waals surface area contributed by atoms with Gasteiger partial charge in [-0.3, -0.25) is 4.79 Å². The number of halogens is 1. The van der Waals surface area contributed by atoms with Gasteiger partial charge in [0.2, 0.25) is 0 Å². The molecular formula is C20H19FN4OS2. The van der Waals surface area contributed by atoms with Gasteiger partial charge in [-0.15, -0.1) is 11.3 Å². The summed E-state index contributed by atoms with van der Waals surface area (Å²) in [5.74, 6) is -0.440. The summed E-state index contributed by atoms with van der Waals surface area (Å²) in [6, 6.07) is 6.35. The van der Waals surface area contributed by atoms with Crippen molar-refractivity contribution in [2.75, 3.05) is 6.26 Å². The Kier molecular flexibility index (Phi) is 4.71. The summed E-state index contributed by atoms with van der Waals surface area (Å²) in [5, 5.41) is 1.40. The van der Waals surface area contributed by atoms with Crippen molar-refractivity contribution in [3.63, 3.8) is 0 Å². The maximum Gasteiger partial charge on any atom is 0.274 e. The Balaban J connectivity index is 1.71. The molecule has 0 spiro atoms. The molecule has 0 bridgehead atoms. The van der Waals surface area contributed by atoms with Gasteiger partial charge < -0.3 is 4.90 Å². The second kappa shape index (κ2) is 6.93. The zero-order chi connectivity index (χ0) is 20.1. The molecule has 1 aliphatic heterocycles. The van der Waals surface area contributed by atoms with E-state index in [2.05, 4.69) is 15.0 Å². The van der Waals surface area contributed by atoms with Crippen molar-refractivity contribution in [1.29, 1.82) is 0 Å². The Bertz CT molecular complexity index is 1080. The number of thiazole rings is 1. The average Bonchev–Trinajstić information content (AvgIpc) is 3.17. The highest BCUT2D eigenvalue weighted by atomic mass is 32.2. The van der Waals surface area contributed by atoms with E-state index in [0.29, 0.717) is 17.4 Å². The van der Waals surface area contributed by atoms with Gasteiger partial charge in [0.25, 0.3) is 5.91 Å². The molecule has 0 aliphatic carbocycles. The summed E-state index contributed by atoms with van der Waals surface area (Å²) >= 11 is 2.96. The summed E-state index contributed by atoms with van der Waals surface area (Å²) in [6.45, 7) is 6.27. The van der Waals surface area contributed by atoms with Gasteiger partial charge in [-0.2, -0.15) is 0 Å². The normalized spacial score (nSPS) is 15.2. The number of carbonyl (C=O) groups is 1. The van der Waals surface area contributed by atoms with Crippen LogP contribution in [-0.4, -0.2) is 32.0 Å². The zero-order valence-corrected chi connectivity index (χ0v) is 17.6. The third kappa shape index (κ3) is 3.10. The van der Waals surface area contributed by atoms with Crippen LogP contribution in [0, 0.1) is 12.7 Å². The van der Waals surface area contributed by atoms with Gasteiger partial charge in [0.15, 0.2) is 5.16 Å². The minimum absolute atomic E-state index is 0.136. The highest BCUT2D eigenvalue weighted by Crippen LogP contribution is 2.45. The topological polar surface area (TPSA) is 59.0 Å². The highest BCUT2D eigenvalue weighted by Gasteiger charge is 2.46. The van der Waals surface area contributed by atoms with Crippen LogP contribution < -0.4 is 0 Å². The van der Waals surface area contributed by atoms with Gasteiger partial charge in [0.05, 0.1) is 10.4 Å². The minimum Gasteiger partial charge on any atom is -0.323 e. The number of carbonyl (C=O) groups excluding carboxylic acids is 1. The SMILES string of the molecule is CSc1ncc(C)c(-c2nc3c(s2)C(C)(C)N(Cc2cccc(F)c2)C3=O)n1. The third-order valence-corrected chi connectivity index (χ3v) is 6.81. The number of thioether (sulfide) groups is 1. The van der Waals surface area contributed by atoms with Crippen molar-refractivity contribution < 1.29 is 9.18 Å². The van der Waals surface area contributed by atoms with Crippen LogP contribution >= 0.6 is 23.1 Å². The Morgan fingerprint density at radius 3 is 2.71 bits per heavy atom. The van der Waals surface area contributed by atoms with Crippen LogP contribution in [0.3, 0.4) is 0 Å². The molecule has 0 saturated carbocycles. The van der Waals surface area contributed by atoms with Gasteiger partial charge in [0, 0.05) is 12.7 Å². The predicted octanol–water partition coefficient (Wildman–Crippen LogP) is 4.66. The number of aryl methyl sites for hydroxylation is 1. The number of rotatable bonds is 4. The summed E-state index contributed by atoms with van der Waals surface area (Å²) in [6.07, 6.45) is 3.71. The number of benzene rings is 1. The van der Waals surface area contributed by atoms with Gasteiger partial charge in [-0.1, -0.05) is 23.9 Å². The van der Waals surface area contributed by atoms with E-state index in [9.17, 15) is 9.18 Å². The molecule has 5 nitrogen and oxygen atoms in total. The molecule has 0 atom stereocenters. The molecule has 0 saturated heterocycles. The van der Waals surface area contributed by atoms with E-state index in [-0.39, 0.29) is 11.7 Å². The monoisotopic (exact) mass is 414 g/mol. The van der Waals surface area contributed by atoms with Gasteiger partial charge in [-0.05, 0) is 50.3 Å². The third-order valence-electron chi connectivity index (χ3n) is 4.87. The summed E-state index contributed by atoms with van der Waals surface area (Å²) < 4.78 is 13.5. The van der Waals surface area contributed by atoms with E-state index in [0.717, 1.165) is 26.7 Å². The minimum atomic E-state index is -0.530. The molecule has 1 aliphatic rings. The first-order valence-electron chi connectivity index (χ1n) is 8.77. The Morgan fingerprint density at radius 2 is 2.04 bits per heavy atom. The number of nitrogens with zero attached hydrogens (tertiary/aromatic N) is 4. The van der Waals surface area contributed by atoms with Crippen molar-refractivity contribution >= 4 is 29.0 Å². The molecule has 4 rings (SSSR count). The predicted molar refractivity (Wildman–Crippen MR) is 109 cm³/mol. The van der Waals surface area contributed by atoms with Crippen molar-refractivity contribution in [3.8, 4) is 10.7 Å². The van der Waals surface area contributed by atoms with Gasteiger partial charge >= 0.3 is 0 Å². The Hall–Kier alpha value is -2.32. The zero-order valence-electron chi connectivity index (χ0n) is 16.0. The second-order valence-electron chi connectivity index (χ2n) is 7.17. The Labute approximate surface area is 171 Å². The fourth-order valence-corrected chi connectivity index (χ4v) is 4.88. The van der Waals surface area contributed by atoms with Crippen LogP contribution in [0.5, 0.6) is 0 Å². The first-order valence-corrected chi connectivity index (χ1v) is 10.8. The highest BCUT2D eigenvalue weighted by molar-refractivity contribution is 7.98. The summed E-state index contributed by atoms with van der Waals surface area (Å²) in [5.41, 5.74) is 2.38. The standard InChI is InChI=1S/C20H19FN4OS2/c1-11-9-22-19(27-4)24-14(11)17-23-15-16(28-17)20(2,3)25(18(15)26)10-12-6-5-7-13(21)8-12/h5-9H,10H2,1-4H3. The number of hydrogen-bond donors (Lipinski definition) is 0. The lowest BCUT2D eigenvalue weighted by Crippen LogP contribution is -2.38. The first kappa shape index (κ1) is 19.0. The van der Waals surface area contributed by atoms with E-state index in [1.165, 1.54) is 35.2 Å². The molecule has 144 valence electrons. The van der Waals surface area contributed by atoms with E-state index in [4.69, 9.17) is 0 Å². The first-order chi connectivity index (χ1) is 13.3. The molecule has 0 radical (unpaired) electrons. The molecule has 0 unspecified atom stereocenters. The van der Waals surface area contributed by atoms with Crippen LogP contribution in [0.4, 0.5) is 4.39 Å². The molecule has 0 fully saturated rings. The van der Waals surface area contributed by atoms with Gasteiger partial charge in [-0.25, -0.2) is 19.3 Å². The number of amides is 1. The van der Waals surface area contributed by atoms with E-state index in [1.54, 1.807) is 17.2 Å².